The second kappa shape index (κ2) is 12.3. The first-order valence-electron chi connectivity index (χ1n) is 11.8. The Morgan fingerprint density at radius 2 is 1.53 bits per heavy atom. The monoisotopic (exact) mass is 499 g/mol. The number of hydrogen-bond acceptors (Lipinski definition) is 5. The molecule has 0 fully saturated rings. The van der Waals surface area contributed by atoms with Crippen molar-refractivity contribution in [3.8, 4) is 5.75 Å². The lowest BCUT2D eigenvalue weighted by Gasteiger charge is -2.20. The lowest BCUT2D eigenvalue weighted by molar-refractivity contribution is -0.147. The number of nitrogens with zero attached hydrogens (tertiary/aromatic N) is 1. The molecule has 36 heavy (non-hydrogen) atoms. The van der Waals surface area contributed by atoms with E-state index in [1.165, 1.54) is 18.2 Å². The molecule has 0 spiro atoms. The number of carbonyl (C=O) groups excluding carboxylic acids is 1. The molecule has 0 aliphatic heterocycles. The van der Waals surface area contributed by atoms with Crippen LogP contribution in [0.25, 0.3) is 0 Å². The number of rotatable bonds is 10. The predicted molar refractivity (Wildman–Crippen MR) is 144 cm³/mol. The van der Waals surface area contributed by atoms with Crippen LogP contribution in [0, 0.1) is 0 Å². The lowest BCUT2D eigenvalue weighted by Crippen LogP contribution is -2.24. The minimum Gasteiger partial charge on any atom is -0.479 e. The van der Waals surface area contributed by atoms with Gasteiger partial charge >= 0.3 is 5.97 Å². The average Bonchev–Trinajstić information content (AvgIpc) is 2.91. The Morgan fingerprint density at radius 3 is 2.17 bits per heavy atom. The second-order valence-electron chi connectivity index (χ2n) is 8.36. The first-order chi connectivity index (χ1) is 17.5. The van der Waals surface area contributed by atoms with Gasteiger partial charge in [-0.15, -0.1) is 11.8 Å². The van der Waals surface area contributed by atoms with Gasteiger partial charge in [0.1, 0.15) is 5.75 Å². The maximum absolute atomic E-state index is 12.7. The Kier molecular flexibility index (Phi) is 8.63. The summed E-state index contributed by atoms with van der Waals surface area (Å²) in [7, 11) is 1.34. The first-order valence-corrected chi connectivity index (χ1v) is 12.8. The smallest absolute Gasteiger partial charge is 0.346 e. The van der Waals surface area contributed by atoms with Crippen LogP contribution in [0.1, 0.15) is 29.5 Å². The fraction of sp³-hybridized carbons (Fsp3) is 0.200. The van der Waals surface area contributed by atoms with Crippen LogP contribution >= 0.6 is 11.8 Å². The SMILES string of the molecule is COC(=O)[C@H](C)Oc1cccc(SCCn2cc(C(c3ccccc3)c3ccccc3)ccc2=O)c1. The summed E-state index contributed by atoms with van der Waals surface area (Å²) >= 11 is 1.63. The molecular weight excluding hydrogens is 470 g/mol. The number of aryl methyl sites for hydroxylation is 1. The van der Waals surface area contributed by atoms with E-state index in [0.29, 0.717) is 18.0 Å². The van der Waals surface area contributed by atoms with Crippen LogP contribution in [-0.4, -0.2) is 29.5 Å². The summed E-state index contributed by atoms with van der Waals surface area (Å²) in [6.45, 7) is 2.22. The van der Waals surface area contributed by atoms with Gasteiger partial charge in [-0.2, -0.15) is 0 Å². The molecule has 4 rings (SSSR count). The zero-order valence-electron chi connectivity index (χ0n) is 20.4. The van der Waals surface area contributed by atoms with Crippen molar-refractivity contribution in [1.29, 1.82) is 0 Å². The van der Waals surface area contributed by atoms with Gasteiger partial charge in [0.25, 0.3) is 5.56 Å². The van der Waals surface area contributed by atoms with Crippen molar-refractivity contribution >= 4 is 17.7 Å². The third-order valence-electron chi connectivity index (χ3n) is 5.86. The van der Waals surface area contributed by atoms with E-state index in [9.17, 15) is 9.59 Å². The van der Waals surface area contributed by atoms with E-state index >= 15 is 0 Å². The number of thioether (sulfide) groups is 1. The molecule has 0 unspecified atom stereocenters. The molecule has 6 heteroatoms. The van der Waals surface area contributed by atoms with Crippen molar-refractivity contribution < 1.29 is 14.3 Å². The molecule has 0 radical (unpaired) electrons. The predicted octanol–water partition coefficient (Wildman–Crippen LogP) is 5.76. The van der Waals surface area contributed by atoms with Gasteiger partial charge in [-0.25, -0.2) is 4.79 Å². The molecule has 0 saturated heterocycles. The van der Waals surface area contributed by atoms with Crippen molar-refractivity contribution in [2.45, 2.75) is 30.4 Å². The topological polar surface area (TPSA) is 57.5 Å². The van der Waals surface area contributed by atoms with Gasteiger partial charge in [0.15, 0.2) is 6.10 Å². The number of hydrogen-bond donors (Lipinski definition) is 0. The molecule has 0 aliphatic carbocycles. The highest BCUT2D eigenvalue weighted by Crippen LogP contribution is 2.31. The van der Waals surface area contributed by atoms with E-state index in [0.717, 1.165) is 10.5 Å². The summed E-state index contributed by atoms with van der Waals surface area (Å²) in [5.74, 6) is 0.931. The number of methoxy groups -OCH3 is 1. The van der Waals surface area contributed by atoms with E-state index in [1.54, 1.807) is 29.3 Å². The minimum atomic E-state index is -0.682. The number of esters is 1. The average molecular weight is 500 g/mol. The summed E-state index contributed by atoms with van der Waals surface area (Å²) in [5.41, 5.74) is 3.41. The Labute approximate surface area is 215 Å². The molecule has 3 aromatic carbocycles. The Bertz CT molecular complexity index is 1300. The number of benzene rings is 3. The van der Waals surface area contributed by atoms with Crippen LogP contribution in [0.2, 0.25) is 0 Å². The van der Waals surface area contributed by atoms with Gasteiger partial charge in [-0.3, -0.25) is 4.79 Å². The van der Waals surface area contributed by atoms with E-state index in [-0.39, 0.29) is 11.5 Å². The number of carbonyl (C=O) groups is 1. The normalized spacial score (nSPS) is 11.8. The van der Waals surface area contributed by atoms with Crippen LogP contribution in [0.15, 0.2) is 113 Å². The van der Waals surface area contributed by atoms with Gasteiger partial charge in [-0.05, 0) is 41.8 Å². The molecule has 1 atom stereocenters. The summed E-state index contributed by atoms with van der Waals surface area (Å²) in [6.07, 6.45) is 1.30. The van der Waals surface area contributed by atoms with Crippen LogP contribution in [0.4, 0.5) is 0 Å². The maximum Gasteiger partial charge on any atom is 0.346 e. The molecule has 4 aromatic rings. The molecule has 5 nitrogen and oxygen atoms in total. The summed E-state index contributed by atoms with van der Waals surface area (Å²) in [5, 5.41) is 0. The summed E-state index contributed by atoms with van der Waals surface area (Å²) < 4.78 is 12.2. The largest absolute Gasteiger partial charge is 0.479 e. The molecular formula is C30H29NO4S. The van der Waals surface area contributed by atoms with Crippen LogP contribution in [0.5, 0.6) is 5.75 Å². The number of ether oxygens (including phenoxy) is 2. The van der Waals surface area contributed by atoms with Crippen molar-refractivity contribution in [1.82, 2.24) is 4.57 Å². The quantitative estimate of drug-likeness (QED) is 0.205. The van der Waals surface area contributed by atoms with Gasteiger partial charge in [0, 0.05) is 35.4 Å². The molecule has 1 aromatic heterocycles. The fourth-order valence-corrected chi connectivity index (χ4v) is 4.98. The van der Waals surface area contributed by atoms with Gasteiger partial charge in [0.05, 0.1) is 7.11 Å². The molecule has 0 amide bonds. The third-order valence-corrected chi connectivity index (χ3v) is 6.83. The van der Waals surface area contributed by atoms with Crippen molar-refractivity contribution in [2.24, 2.45) is 0 Å². The molecule has 0 aliphatic rings. The van der Waals surface area contributed by atoms with Crippen LogP contribution < -0.4 is 10.3 Å². The van der Waals surface area contributed by atoms with Crippen molar-refractivity contribution in [3.05, 3.63) is 130 Å². The van der Waals surface area contributed by atoms with Gasteiger partial charge in [-0.1, -0.05) is 72.8 Å². The fourth-order valence-electron chi connectivity index (χ4n) is 4.08. The first kappa shape index (κ1) is 25.3. The lowest BCUT2D eigenvalue weighted by atomic mass is 9.86. The van der Waals surface area contributed by atoms with Crippen LogP contribution in [-0.2, 0) is 16.1 Å². The standard InChI is InChI=1S/C30H29NO4S/c1-22(30(33)34-2)35-26-14-9-15-27(20-26)36-19-18-31-21-25(16-17-28(31)32)29(23-10-5-3-6-11-23)24-12-7-4-8-13-24/h3-17,20-22,29H,18-19H2,1-2H3/t22-/m0/s1. The van der Waals surface area contributed by atoms with E-state index < -0.39 is 12.1 Å². The van der Waals surface area contributed by atoms with Gasteiger partial charge < -0.3 is 14.0 Å². The Morgan fingerprint density at radius 1 is 0.861 bits per heavy atom. The van der Waals surface area contributed by atoms with E-state index in [1.807, 2.05) is 72.9 Å². The highest BCUT2D eigenvalue weighted by molar-refractivity contribution is 7.99. The molecule has 0 saturated carbocycles. The van der Waals surface area contributed by atoms with Gasteiger partial charge in [0.2, 0.25) is 0 Å². The van der Waals surface area contributed by atoms with E-state index in [2.05, 4.69) is 24.3 Å². The number of pyridine rings is 1. The second-order valence-corrected chi connectivity index (χ2v) is 9.52. The number of aromatic nitrogens is 1. The summed E-state index contributed by atoms with van der Waals surface area (Å²) in [6, 6.07) is 31.9. The highest BCUT2D eigenvalue weighted by atomic mass is 32.2. The molecule has 184 valence electrons. The summed E-state index contributed by atoms with van der Waals surface area (Å²) in [4.78, 5) is 25.3. The van der Waals surface area contributed by atoms with E-state index in [4.69, 9.17) is 9.47 Å². The molecule has 1 heterocycles. The zero-order valence-corrected chi connectivity index (χ0v) is 21.2. The maximum atomic E-state index is 12.7. The third kappa shape index (κ3) is 6.46. The van der Waals surface area contributed by atoms with Crippen molar-refractivity contribution in [2.75, 3.05) is 12.9 Å². The molecule has 0 N–H and O–H groups in total. The van der Waals surface area contributed by atoms with Crippen molar-refractivity contribution in [3.63, 3.8) is 0 Å². The van der Waals surface area contributed by atoms with Crippen LogP contribution in [0.3, 0.4) is 0 Å². The highest BCUT2D eigenvalue weighted by Gasteiger charge is 2.18. The Balaban J connectivity index is 1.49. The Hall–Kier alpha value is -3.77. The minimum absolute atomic E-state index is 0.0248. The zero-order chi connectivity index (χ0) is 25.3. The molecule has 0 bridgehead atoms.